The summed E-state index contributed by atoms with van der Waals surface area (Å²) >= 11 is 0. The van der Waals surface area contributed by atoms with E-state index in [4.69, 9.17) is 9.47 Å². The monoisotopic (exact) mass is 330 g/mol. The van der Waals surface area contributed by atoms with Crippen molar-refractivity contribution in [2.45, 2.75) is 65.3 Å². The fraction of sp³-hybridized carbons (Fsp3) is 0.714. The van der Waals surface area contributed by atoms with Gasteiger partial charge in [-0.25, -0.2) is 0 Å². The number of rotatable bonds is 1. The Hall–Kier alpha value is -1.06. The van der Waals surface area contributed by atoms with Crippen LogP contribution in [0.2, 0.25) is 0 Å². The van der Waals surface area contributed by atoms with Gasteiger partial charge in [0.25, 0.3) is 0 Å². The number of hydrogen-bond donors (Lipinski definition) is 1. The Morgan fingerprint density at radius 2 is 1.88 bits per heavy atom. The molecular formula is C21H30O3. The van der Waals surface area contributed by atoms with Gasteiger partial charge in [-0.15, -0.1) is 0 Å². The molecule has 4 rings (SSSR count). The van der Waals surface area contributed by atoms with Crippen molar-refractivity contribution in [3.05, 3.63) is 29.8 Å². The molecule has 0 amide bonds. The molecule has 1 N–H and O–H groups in total. The van der Waals surface area contributed by atoms with Crippen LogP contribution in [0.1, 0.15) is 64.7 Å². The Bertz CT molecular complexity index is 611. The van der Waals surface area contributed by atoms with Gasteiger partial charge in [0.2, 0.25) is 0 Å². The zero-order valence-electron chi connectivity index (χ0n) is 15.1. The Kier molecular flexibility index (Phi) is 3.92. The van der Waals surface area contributed by atoms with E-state index in [2.05, 4.69) is 20.8 Å². The van der Waals surface area contributed by atoms with Gasteiger partial charge in [0, 0.05) is 11.5 Å². The largest absolute Gasteiger partial charge is 0.507 e. The maximum absolute atomic E-state index is 10.1. The van der Waals surface area contributed by atoms with E-state index in [0.717, 1.165) is 24.5 Å². The van der Waals surface area contributed by atoms with Crippen LogP contribution in [0.15, 0.2) is 24.3 Å². The number of ether oxygens (including phenoxy) is 2. The lowest BCUT2D eigenvalue weighted by atomic mass is 9.48. The van der Waals surface area contributed by atoms with Crippen molar-refractivity contribution in [1.29, 1.82) is 0 Å². The highest BCUT2D eigenvalue weighted by atomic mass is 16.7. The van der Waals surface area contributed by atoms with Crippen LogP contribution in [0.3, 0.4) is 0 Å². The molecule has 1 aromatic rings. The van der Waals surface area contributed by atoms with E-state index in [1.165, 1.54) is 25.7 Å². The Morgan fingerprint density at radius 1 is 1.08 bits per heavy atom. The van der Waals surface area contributed by atoms with Gasteiger partial charge in [-0.3, -0.25) is 0 Å². The summed E-state index contributed by atoms with van der Waals surface area (Å²) in [5.74, 6) is 1.49. The number of benzene rings is 1. The number of aromatic hydroxyl groups is 1. The molecule has 0 aromatic heterocycles. The predicted octanol–water partition coefficient (Wildman–Crippen LogP) is 5.05. The standard InChI is InChI=1S/C21H30O3/c1-20(2)11-6-12-21(3)15-13-23-19(14-7-4-5-8-16(14)22)24-17(15)9-10-18(20)21/h4-5,7-8,15,17-19,22H,6,9-13H2,1-3H3/t15-,17+,18?,19-,21+/m1/s1. The summed E-state index contributed by atoms with van der Waals surface area (Å²) < 4.78 is 12.5. The smallest absolute Gasteiger partial charge is 0.187 e. The van der Waals surface area contributed by atoms with Crippen molar-refractivity contribution in [3.63, 3.8) is 0 Å². The third kappa shape index (κ3) is 2.48. The maximum Gasteiger partial charge on any atom is 0.187 e. The fourth-order valence-corrected chi connectivity index (χ4v) is 5.99. The molecule has 0 bridgehead atoms. The van der Waals surface area contributed by atoms with Crippen molar-refractivity contribution in [2.24, 2.45) is 22.7 Å². The van der Waals surface area contributed by atoms with Gasteiger partial charge < -0.3 is 14.6 Å². The fourth-order valence-electron chi connectivity index (χ4n) is 5.99. The highest BCUT2D eigenvalue weighted by Crippen LogP contribution is 2.61. The molecule has 3 fully saturated rings. The van der Waals surface area contributed by atoms with Crippen molar-refractivity contribution in [2.75, 3.05) is 6.61 Å². The molecule has 3 heteroatoms. The minimum Gasteiger partial charge on any atom is -0.507 e. The summed E-state index contributed by atoms with van der Waals surface area (Å²) in [6.07, 6.45) is 6.12. The van der Waals surface area contributed by atoms with E-state index in [-0.39, 0.29) is 11.9 Å². The second kappa shape index (κ2) is 5.74. The topological polar surface area (TPSA) is 38.7 Å². The molecule has 2 saturated carbocycles. The third-order valence-corrected chi connectivity index (χ3v) is 7.23. The van der Waals surface area contributed by atoms with E-state index < -0.39 is 6.29 Å². The van der Waals surface area contributed by atoms with Gasteiger partial charge in [0.05, 0.1) is 12.7 Å². The van der Waals surface area contributed by atoms with E-state index in [1.54, 1.807) is 6.07 Å². The molecule has 2 aliphatic carbocycles. The van der Waals surface area contributed by atoms with Crippen LogP contribution in [0.5, 0.6) is 5.75 Å². The molecule has 1 unspecified atom stereocenters. The molecule has 5 atom stereocenters. The van der Waals surface area contributed by atoms with E-state index in [9.17, 15) is 5.11 Å². The van der Waals surface area contributed by atoms with Crippen molar-refractivity contribution >= 4 is 0 Å². The van der Waals surface area contributed by atoms with Crippen LogP contribution in [-0.4, -0.2) is 17.8 Å². The van der Waals surface area contributed by atoms with Crippen molar-refractivity contribution in [1.82, 2.24) is 0 Å². The van der Waals surface area contributed by atoms with Crippen LogP contribution in [-0.2, 0) is 9.47 Å². The third-order valence-electron chi connectivity index (χ3n) is 7.23. The molecule has 1 aromatic carbocycles. The van der Waals surface area contributed by atoms with Gasteiger partial charge >= 0.3 is 0 Å². The molecule has 1 heterocycles. The zero-order chi connectivity index (χ0) is 16.9. The van der Waals surface area contributed by atoms with Crippen LogP contribution >= 0.6 is 0 Å². The Morgan fingerprint density at radius 3 is 2.67 bits per heavy atom. The first-order chi connectivity index (χ1) is 11.4. The van der Waals surface area contributed by atoms with E-state index >= 15 is 0 Å². The SMILES string of the molecule is CC1(C)CCC[C@]2(C)C1CC[C@@H]1O[C@H](c3ccccc3O)OC[C@H]12. The molecule has 1 saturated heterocycles. The number of phenols is 1. The summed E-state index contributed by atoms with van der Waals surface area (Å²) in [6, 6.07) is 7.37. The highest BCUT2D eigenvalue weighted by molar-refractivity contribution is 5.33. The average Bonchev–Trinajstić information content (AvgIpc) is 2.54. The lowest BCUT2D eigenvalue weighted by Gasteiger charge is -2.60. The van der Waals surface area contributed by atoms with Gasteiger partial charge in [0.1, 0.15) is 5.75 Å². The molecule has 1 aliphatic heterocycles. The number of phenolic OH excluding ortho intramolecular Hbond substituents is 1. The second-order valence-corrected chi connectivity index (χ2v) is 8.98. The summed E-state index contributed by atoms with van der Waals surface area (Å²) in [5, 5.41) is 10.1. The normalized spacial score (nSPS) is 41.3. The highest BCUT2D eigenvalue weighted by Gasteiger charge is 2.56. The number of para-hydroxylation sites is 1. The zero-order valence-corrected chi connectivity index (χ0v) is 15.1. The molecule has 3 aliphatic rings. The number of fused-ring (bicyclic) bond motifs is 3. The van der Waals surface area contributed by atoms with Gasteiger partial charge in [0.15, 0.2) is 6.29 Å². The van der Waals surface area contributed by atoms with E-state index in [1.807, 2.05) is 18.2 Å². The van der Waals surface area contributed by atoms with Crippen molar-refractivity contribution < 1.29 is 14.6 Å². The first-order valence-electron chi connectivity index (χ1n) is 9.47. The van der Waals surface area contributed by atoms with Gasteiger partial charge in [-0.1, -0.05) is 45.4 Å². The molecule has 3 nitrogen and oxygen atoms in total. The van der Waals surface area contributed by atoms with Crippen LogP contribution in [0.25, 0.3) is 0 Å². The second-order valence-electron chi connectivity index (χ2n) is 8.98. The molecule has 0 spiro atoms. The first kappa shape index (κ1) is 16.4. The minimum atomic E-state index is -0.427. The Balaban J connectivity index is 1.57. The maximum atomic E-state index is 10.1. The minimum absolute atomic E-state index is 0.249. The predicted molar refractivity (Wildman–Crippen MR) is 93.6 cm³/mol. The summed E-state index contributed by atoms with van der Waals surface area (Å²) in [4.78, 5) is 0. The summed E-state index contributed by atoms with van der Waals surface area (Å²) in [7, 11) is 0. The molecular weight excluding hydrogens is 300 g/mol. The van der Waals surface area contributed by atoms with Crippen LogP contribution in [0.4, 0.5) is 0 Å². The molecule has 132 valence electrons. The van der Waals surface area contributed by atoms with Crippen LogP contribution in [0, 0.1) is 22.7 Å². The summed E-state index contributed by atoms with van der Waals surface area (Å²) in [6.45, 7) is 8.12. The quantitative estimate of drug-likeness (QED) is 0.783. The van der Waals surface area contributed by atoms with Gasteiger partial charge in [-0.05, 0) is 48.5 Å². The Labute approximate surface area is 145 Å². The van der Waals surface area contributed by atoms with Crippen molar-refractivity contribution in [3.8, 4) is 5.75 Å². The average molecular weight is 330 g/mol. The lowest BCUT2D eigenvalue weighted by molar-refractivity contribution is -0.286. The lowest BCUT2D eigenvalue weighted by Crippen LogP contribution is -2.56. The molecule has 0 radical (unpaired) electrons. The first-order valence-corrected chi connectivity index (χ1v) is 9.47. The van der Waals surface area contributed by atoms with Gasteiger partial charge in [-0.2, -0.15) is 0 Å². The van der Waals surface area contributed by atoms with Crippen LogP contribution < -0.4 is 0 Å². The number of hydrogen-bond acceptors (Lipinski definition) is 3. The van der Waals surface area contributed by atoms with E-state index in [0.29, 0.717) is 16.7 Å². The molecule has 24 heavy (non-hydrogen) atoms. The summed E-state index contributed by atoms with van der Waals surface area (Å²) in [5.41, 5.74) is 1.49.